The number of nitrogens with zero attached hydrogens (tertiary/aromatic N) is 2. The second-order valence-electron chi connectivity index (χ2n) is 12.5. The summed E-state index contributed by atoms with van der Waals surface area (Å²) in [6, 6.07) is 13.6. The highest BCUT2D eigenvalue weighted by molar-refractivity contribution is 5.95. The molecule has 13 heteroatoms. The first kappa shape index (κ1) is 34.7. The number of hydrogen-bond acceptors (Lipinski definition) is 7. The average molecular weight is 647 g/mol. The van der Waals surface area contributed by atoms with Crippen LogP contribution in [0.4, 0.5) is 4.79 Å². The minimum Gasteiger partial charge on any atom is -0.480 e. The van der Waals surface area contributed by atoms with E-state index in [1.807, 2.05) is 12.1 Å². The molecule has 250 valence electrons. The second kappa shape index (κ2) is 15.9. The number of likely N-dealkylation sites (tertiary alicyclic amines) is 1. The van der Waals surface area contributed by atoms with Crippen molar-refractivity contribution >= 4 is 29.8 Å². The van der Waals surface area contributed by atoms with Crippen molar-refractivity contribution in [1.82, 2.24) is 30.8 Å². The summed E-state index contributed by atoms with van der Waals surface area (Å²) in [6.07, 6.45) is 3.37. The second-order valence-corrected chi connectivity index (χ2v) is 12.5. The molecule has 1 aliphatic heterocycles. The summed E-state index contributed by atoms with van der Waals surface area (Å²) in [5.74, 6) is -2.92. The molecule has 1 aromatic heterocycles. The lowest BCUT2D eigenvalue weighted by Gasteiger charge is -2.30. The third kappa shape index (κ3) is 10.4. The van der Waals surface area contributed by atoms with Crippen molar-refractivity contribution in [3.8, 4) is 0 Å². The van der Waals surface area contributed by atoms with Gasteiger partial charge in [0.05, 0.1) is 12.0 Å². The molecule has 5 N–H and O–H groups in total. The molecule has 0 aliphatic carbocycles. The molecule has 1 fully saturated rings. The van der Waals surface area contributed by atoms with Crippen molar-refractivity contribution in [2.24, 2.45) is 0 Å². The minimum atomic E-state index is -1.23. The van der Waals surface area contributed by atoms with Gasteiger partial charge in [0.15, 0.2) is 0 Å². The number of carboxylic acid groups (broad SMARTS) is 1. The Morgan fingerprint density at radius 2 is 1.51 bits per heavy atom. The van der Waals surface area contributed by atoms with Crippen molar-refractivity contribution in [1.29, 1.82) is 0 Å². The number of carbonyl (C=O) groups excluding carboxylic acids is 4. The van der Waals surface area contributed by atoms with E-state index in [9.17, 15) is 29.1 Å². The fourth-order valence-corrected chi connectivity index (χ4v) is 5.41. The van der Waals surface area contributed by atoms with Crippen LogP contribution < -0.4 is 16.0 Å². The third-order valence-corrected chi connectivity index (χ3v) is 7.61. The van der Waals surface area contributed by atoms with Gasteiger partial charge in [-0.05, 0) is 44.7 Å². The highest BCUT2D eigenvalue weighted by Crippen LogP contribution is 2.21. The van der Waals surface area contributed by atoms with Crippen LogP contribution in [-0.4, -0.2) is 86.1 Å². The quantitative estimate of drug-likeness (QED) is 0.188. The lowest BCUT2D eigenvalue weighted by Crippen LogP contribution is -2.58. The zero-order chi connectivity index (χ0) is 34.0. The standard InChI is InChI=1S/C34H42N6O7/c1-34(2,3)47-33(46)39-26(19-24-20-35-21-36-24)31(43)40-16-10-15-28(40)30(42)37-25(17-22-11-6-4-7-12-22)29(41)38-27(32(44)45)18-23-13-8-5-9-14-23/h4-9,11-14,20-21,25-28H,10,15-19H2,1-3H3,(H,35,36)(H,37,42)(H,38,41)(H,39,46)(H,44,45)/t25-,26-,27-,28-/m0/s1. The first-order valence-corrected chi connectivity index (χ1v) is 15.6. The van der Waals surface area contributed by atoms with E-state index in [0.717, 1.165) is 11.1 Å². The number of imidazole rings is 1. The fourth-order valence-electron chi connectivity index (χ4n) is 5.41. The van der Waals surface area contributed by atoms with Crippen molar-refractivity contribution in [3.05, 3.63) is 90.0 Å². The molecule has 3 aromatic rings. The molecule has 4 rings (SSSR count). The Bertz CT molecular complexity index is 1510. The largest absolute Gasteiger partial charge is 0.480 e. The van der Waals surface area contributed by atoms with Crippen molar-refractivity contribution in [3.63, 3.8) is 0 Å². The van der Waals surface area contributed by atoms with Crippen molar-refractivity contribution < 1.29 is 33.8 Å². The van der Waals surface area contributed by atoms with Gasteiger partial charge in [-0.1, -0.05) is 60.7 Å². The van der Waals surface area contributed by atoms with Crippen LogP contribution in [0.1, 0.15) is 50.4 Å². The average Bonchev–Trinajstić information content (AvgIpc) is 3.72. The first-order chi connectivity index (χ1) is 22.4. The van der Waals surface area contributed by atoms with Crippen LogP contribution in [0.2, 0.25) is 0 Å². The number of H-pyrrole nitrogens is 1. The number of aromatic amines is 1. The molecule has 0 spiro atoms. The maximum absolute atomic E-state index is 13.9. The van der Waals surface area contributed by atoms with Crippen LogP contribution in [-0.2, 0) is 43.2 Å². The number of alkyl carbamates (subject to hydrolysis) is 1. The zero-order valence-corrected chi connectivity index (χ0v) is 26.8. The number of aromatic nitrogens is 2. The number of nitrogens with one attached hydrogen (secondary N) is 4. The SMILES string of the molecule is CC(C)(C)OC(=O)N[C@@H](Cc1c[nH]cn1)C(=O)N1CCC[C@H]1C(=O)N[C@@H](Cc1ccccc1)C(=O)N[C@@H](Cc1ccccc1)C(=O)O. The molecule has 0 radical (unpaired) electrons. The van der Waals surface area contributed by atoms with Crippen LogP contribution in [0.25, 0.3) is 0 Å². The highest BCUT2D eigenvalue weighted by Gasteiger charge is 2.40. The molecule has 2 heterocycles. The van der Waals surface area contributed by atoms with Gasteiger partial charge in [-0.3, -0.25) is 14.4 Å². The van der Waals surface area contributed by atoms with Crippen LogP contribution in [0.3, 0.4) is 0 Å². The summed E-state index contributed by atoms with van der Waals surface area (Å²) in [7, 11) is 0. The first-order valence-electron chi connectivity index (χ1n) is 15.6. The number of hydrogen-bond donors (Lipinski definition) is 5. The maximum atomic E-state index is 13.9. The molecular formula is C34H42N6O7. The smallest absolute Gasteiger partial charge is 0.408 e. The fraction of sp³-hybridized carbons (Fsp3) is 0.412. The molecule has 4 atom stereocenters. The molecule has 1 saturated heterocycles. The van der Waals surface area contributed by atoms with Crippen LogP contribution >= 0.6 is 0 Å². The van der Waals surface area contributed by atoms with E-state index < -0.39 is 59.6 Å². The van der Waals surface area contributed by atoms with Crippen LogP contribution in [0.5, 0.6) is 0 Å². The molecule has 0 bridgehead atoms. The zero-order valence-electron chi connectivity index (χ0n) is 26.8. The van der Waals surface area contributed by atoms with E-state index in [2.05, 4.69) is 25.9 Å². The van der Waals surface area contributed by atoms with E-state index in [1.54, 1.807) is 75.5 Å². The normalized spacial score (nSPS) is 16.4. The van der Waals surface area contributed by atoms with Gasteiger partial charge in [0.2, 0.25) is 17.7 Å². The maximum Gasteiger partial charge on any atom is 0.408 e. The van der Waals surface area contributed by atoms with E-state index >= 15 is 0 Å². The Morgan fingerprint density at radius 1 is 0.894 bits per heavy atom. The number of aliphatic carboxylic acids is 1. The number of carboxylic acids is 1. The van der Waals surface area contributed by atoms with Gasteiger partial charge in [0, 0.05) is 32.0 Å². The summed E-state index contributed by atoms with van der Waals surface area (Å²) >= 11 is 0. The van der Waals surface area contributed by atoms with E-state index in [0.29, 0.717) is 18.5 Å². The van der Waals surface area contributed by atoms with Gasteiger partial charge in [-0.2, -0.15) is 0 Å². The van der Waals surface area contributed by atoms with E-state index in [1.165, 1.54) is 11.2 Å². The predicted molar refractivity (Wildman–Crippen MR) is 172 cm³/mol. The lowest BCUT2D eigenvalue weighted by molar-refractivity contribution is -0.143. The van der Waals surface area contributed by atoms with Crippen LogP contribution in [0.15, 0.2) is 73.2 Å². The van der Waals surface area contributed by atoms with Gasteiger partial charge >= 0.3 is 12.1 Å². The molecule has 4 amide bonds. The van der Waals surface area contributed by atoms with Gasteiger partial charge in [0.1, 0.15) is 29.8 Å². The number of rotatable bonds is 13. The highest BCUT2D eigenvalue weighted by atomic mass is 16.6. The summed E-state index contributed by atoms with van der Waals surface area (Å²) in [5.41, 5.74) is 1.22. The van der Waals surface area contributed by atoms with Gasteiger partial charge in [-0.25, -0.2) is 14.6 Å². The number of amides is 4. The Labute approximate surface area is 273 Å². The Morgan fingerprint density at radius 3 is 2.06 bits per heavy atom. The Kier molecular flexibility index (Phi) is 11.7. The third-order valence-electron chi connectivity index (χ3n) is 7.61. The Balaban J connectivity index is 1.51. The van der Waals surface area contributed by atoms with Gasteiger partial charge < -0.3 is 35.7 Å². The van der Waals surface area contributed by atoms with Crippen molar-refractivity contribution in [2.75, 3.05) is 6.54 Å². The molecular weight excluding hydrogens is 604 g/mol. The number of benzene rings is 2. The lowest BCUT2D eigenvalue weighted by atomic mass is 10.0. The van der Waals surface area contributed by atoms with Gasteiger partial charge in [0.25, 0.3) is 0 Å². The van der Waals surface area contributed by atoms with E-state index in [4.69, 9.17) is 4.74 Å². The topological polar surface area (TPSA) is 183 Å². The summed E-state index contributed by atoms with van der Waals surface area (Å²) in [5, 5.41) is 17.9. The van der Waals surface area contributed by atoms with Crippen LogP contribution in [0, 0.1) is 0 Å². The molecule has 47 heavy (non-hydrogen) atoms. The molecule has 1 aliphatic rings. The molecule has 0 saturated carbocycles. The van der Waals surface area contributed by atoms with Gasteiger partial charge in [-0.15, -0.1) is 0 Å². The molecule has 0 unspecified atom stereocenters. The predicted octanol–water partition coefficient (Wildman–Crippen LogP) is 2.38. The minimum absolute atomic E-state index is 0.0564. The summed E-state index contributed by atoms with van der Waals surface area (Å²) in [6.45, 7) is 5.39. The summed E-state index contributed by atoms with van der Waals surface area (Å²) in [4.78, 5) is 74.5. The number of ether oxygens (including phenoxy) is 1. The summed E-state index contributed by atoms with van der Waals surface area (Å²) < 4.78 is 5.38. The molecule has 13 nitrogen and oxygen atoms in total. The van der Waals surface area contributed by atoms with Crippen molar-refractivity contribution in [2.45, 2.75) is 82.6 Å². The Hall–Kier alpha value is -5.20. The van der Waals surface area contributed by atoms with E-state index in [-0.39, 0.29) is 25.8 Å². The number of carbonyl (C=O) groups is 5. The monoisotopic (exact) mass is 646 g/mol. The molecule has 2 aromatic carbocycles.